The Balaban J connectivity index is 1.47. The number of carbonyl (C=O) groups excluding carboxylic acids is 2. The minimum absolute atomic E-state index is 0.113. The molecule has 2 N–H and O–H groups in total. The topological polar surface area (TPSA) is 79.8 Å². The first-order valence-corrected chi connectivity index (χ1v) is 9.58. The minimum atomic E-state index is -0.471. The average Bonchev–Trinajstić information content (AvgIpc) is 2.75. The van der Waals surface area contributed by atoms with E-state index in [1.54, 1.807) is 48.5 Å². The van der Waals surface area contributed by atoms with E-state index in [-0.39, 0.29) is 12.5 Å². The van der Waals surface area contributed by atoms with Gasteiger partial charge in [0, 0.05) is 10.7 Å². The van der Waals surface area contributed by atoms with Crippen molar-refractivity contribution in [2.75, 3.05) is 11.9 Å². The van der Waals surface area contributed by atoms with Gasteiger partial charge in [0.25, 0.3) is 5.91 Å². The smallest absolute Gasteiger partial charge is 0.343 e. The van der Waals surface area contributed by atoms with Crippen molar-refractivity contribution in [2.45, 2.75) is 6.92 Å². The van der Waals surface area contributed by atoms with Crippen LogP contribution in [0.5, 0.6) is 5.75 Å². The van der Waals surface area contributed by atoms with Crippen LogP contribution in [0.1, 0.15) is 21.5 Å². The van der Waals surface area contributed by atoms with Gasteiger partial charge >= 0.3 is 5.97 Å². The number of carbonyl (C=O) groups is 2. The standard InChI is InChI=1S/C23H20ClN3O3/c1-16-4-2-3-5-21(16)25-15-22(28)27-26-14-17-6-12-20(13-7-17)30-23(29)18-8-10-19(24)11-9-18/h2-14,25H,15H2,1H3,(H,27,28)/b26-14+. The molecule has 0 unspecified atom stereocenters. The van der Waals surface area contributed by atoms with E-state index in [0.29, 0.717) is 16.3 Å². The second-order valence-electron chi connectivity index (χ2n) is 6.43. The van der Waals surface area contributed by atoms with Gasteiger partial charge in [-0.1, -0.05) is 29.8 Å². The van der Waals surface area contributed by atoms with E-state index in [4.69, 9.17) is 16.3 Å². The van der Waals surface area contributed by atoms with Crippen LogP contribution >= 0.6 is 11.6 Å². The predicted octanol–water partition coefficient (Wildman–Crippen LogP) is 4.43. The molecule has 0 aliphatic rings. The third-order valence-electron chi connectivity index (χ3n) is 4.16. The number of ether oxygens (including phenoxy) is 1. The molecule has 0 radical (unpaired) electrons. The molecular weight excluding hydrogens is 402 g/mol. The summed E-state index contributed by atoms with van der Waals surface area (Å²) < 4.78 is 5.32. The number of amides is 1. The molecular formula is C23H20ClN3O3. The fourth-order valence-corrected chi connectivity index (χ4v) is 2.66. The first-order valence-electron chi connectivity index (χ1n) is 9.20. The van der Waals surface area contributed by atoms with Crippen LogP contribution in [-0.2, 0) is 4.79 Å². The Labute approximate surface area is 179 Å². The normalized spacial score (nSPS) is 10.6. The second kappa shape index (κ2) is 10.2. The van der Waals surface area contributed by atoms with Crippen molar-refractivity contribution >= 4 is 35.4 Å². The quantitative estimate of drug-likeness (QED) is 0.256. The lowest BCUT2D eigenvalue weighted by atomic mass is 10.2. The van der Waals surface area contributed by atoms with Crippen LogP contribution in [-0.4, -0.2) is 24.6 Å². The highest BCUT2D eigenvalue weighted by Crippen LogP contribution is 2.15. The number of aryl methyl sites for hydroxylation is 1. The van der Waals surface area contributed by atoms with Gasteiger partial charge in [0.05, 0.1) is 18.3 Å². The summed E-state index contributed by atoms with van der Waals surface area (Å²) in [4.78, 5) is 24.0. The lowest BCUT2D eigenvalue weighted by Crippen LogP contribution is -2.26. The fourth-order valence-electron chi connectivity index (χ4n) is 2.54. The van der Waals surface area contributed by atoms with Crippen molar-refractivity contribution in [3.63, 3.8) is 0 Å². The molecule has 3 aromatic carbocycles. The molecule has 0 fully saturated rings. The largest absolute Gasteiger partial charge is 0.423 e. The number of hydrazone groups is 1. The molecule has 0 saturated heterocycles. The fraction of sp³-hybridized carbons (Fsp3) is 0.0870. The Morgan fingerprint density at radius 1 is 1.00 bits per heavy atom. The lowest BCUT2D eigenvalue weighted by Gasteiger charge is -2.07. The van der Waals surface area contributed by atoms with Crippen LogP contribution in [0.25, 0.3) is 0 Å². The number of benzene rings is 3. The summed E-state index contributed by atoms with van der Waals surface area (Å²) in [5, 5.41) is 7.55. The van der Waals surface area contributed by atoms with E-state index in [9.17, 15) is 9.59 Å². The van der Waals surface area contributed by atoms with Gasteiger partial charge in [0.2, 0.25) is 0 Å². The summed E-state index contributed by atoms with van der Waals surface area (Å²) in [6.45, 7) is 2.08. The van der Waals surface area contributed by atoms with Crippen molar-refractivity contribution < 1.29 is 14.3 Å². The van der Waals surface area contributed by atoms with E-state index in [0.717, 1.165) is 16.8 Å². The van der Waals surface area contributed by atoms with Gasteiger partial charge in [-0.2, -0.15) is 5.10 Å². The van der Waals surface area contributed by atoms with Crippen molar-refractivity contribution in [2.24, 2.45) is 5.10 Å². The maximum absolute atomic E-state index is 12.1. The molecule has 0 atom stereocenters. The Kier molecular flexibility index (Phi) is 7.19. The zero-order valence-electron chi connectivity index (χ0n) is 16.3. The Hall–Kier alpha value is -3.64. The highest BCUT2D eigenvalue weighted by Gasteiger charge is 2.08. The molecule has 0 saturated carbocycles. The molecule has 0 aliphatic heterocycles. The van der Waals surface area contributed by atoms with Gasteiger partial charge in [-0.05, 0) is 72.6 Å². The average molecular weight is 422 g/mol. The predicted molar refractivity (Wildman–Crippen MR) is 118 cm³/mol. The first kappa shape index (κ1) is 21.1. The van der Waals surface area contributed by atoms with Crippen molar-refractivity contribution in [1.82, 2.24) is 5.43 Å². The zero-order valence-corrected chi connectivity index (χ0v) is 17.0. The first-order chi connectivity index (χ1) is 14.5. The van der Waals surface area contributed by atoms with Crippen LogP contribution in [0.3, 0.4) is 0 Å². The number of nitrogens with zero attached hydrogens (tertiary/aromatic N) is 1. The highest BCUT2D eigenvalue weighted by molar-refractivity contribution is 6.30. The number of hydrogen-bond donors (Lipinski definition) is 2. The monoisotopic (exact) mass is 421 g/mol. The molecule has 7 heteroatoms. The lowest BCUT2D eigenvalue weighted by molar-refractivity contribution is -0.119. The molecule has 0 aromatic heterocycles. The maximum atomic E-state index is 12.1. The van der Waals surface area contributed by atoms with Gasteiger partial charge in [-0.15, -0.1) is 0 Å². The summed E-state index contributed by atoms with van der Waals surface area (Å²) in [6, 6.07) is 20.9. The van der Waals surface area contributed by atoms with Gasteiger partial charge in [0.1, 0.15) is 5.75 Å². The van der Waals surface area contributed by atoms with E-state index >= 15 is 0 Å². The molecule has 0 heterocycles. The van der Waals surface area contributed by atoms with Crippen LogP contribution in [0.4, 0.5) is 5.69 Å². The molecule has 30 heavy (non-hydrogen) atoms. The molecule has 1 amide bonds. The summed E-state index contributed by atoms with van der Waals surface area (Å²) in [5.74, 6) is -0.330. The van der Waals surface area contributed by atoms with Gasteiger partial charge in [-0.3, -0.25) is 4.79 Å². The van der Waals surface area contributed by atoms with Crippen molar-refractivity contribution in [1.29, 1.82) is 0 Å². The third kappa shape index (κ3) is 6.18. The summed E-state index contributed by atoms with van der Waals surface area (Å²) >= 11 is 5.81. The number of anilines is 1. The number of para-hydroxylation sites is 1. The molecule has 3 aromatic rings. The van der Waals surface area contributed by atoms with Crippen LogP contribution in [0.15, 0.2) is 77.9 Å². The molecule has 0 aliphatic carbocycles. The second-order valence-corrected chi connectivity index (χ2v) is 6.86. The summed E-state index contributed by atoms with van der Waals surface area (Å²) in [7, 11) is 0. The number of halogens is 1. The number of esters is 1. The van der Waals surface area contributed by atoms with Crippen LogP contribution in [0.2, 0.25) is 5.02 Å². The van der Waals surface area contributed by atoms with E-state index in [2.05, 4.69) is 15.8 Å². The summed E-state index contributed by atoms with van der Waals surface area (Å²) in [5.41, 5.74) is 5.58. The summed E-state index contributed by atoms with van der Waals surface area (Å²) in [6.07, 6.45) is 1.51. The molecule has 0 spiro atoms. The van der Waals surface area contributed by atoms with Crippen LogP contribution < -0.4 is 15.5 Å². The number of nitrogens with one attached hydrogen (secondary N) is 2. The maximum Gasteiger partial charge on any atom is 0.343 e. The third-order valence-corrected chi connectivity index (χ3v) is 4.41. The number of hydrogen-bond acceptors (Lipinski definition) is 5. The number of rotatable bonds is 7. The van der Waals surface area contributed by atoms with Gasteiger partial charge in [-0.25, -0.2) is 10.2 Å². The van der Waals surface area contributed by atoms with Gasteiger partial charge < -0.3 is 10.1 Å². The molecule has 0 bridgehead atoms. The SMILES string of the molecule is Cc1ccccc1NCC(=O)N/N=C/c1ccc(OC(=O)c2ccc(Cl)cc2)cc1. The molecule has 3 rings (SSSR count). The van der Waals surface area contributed by atoms with Gasteiger partial charge in [0.15, 0.2) is 0 Å². The zero-order chi connectivity index (χ0) is 21.3. The van der Waals surface area contributed by atoms with Crippen molar-refractivity contribution in [3.8, 4) is 5.75 Å². The Bertz CT molecular complexity index is 1050. The van der Waals surface area contributed by atoms with Crippen LogP contribution in [0, 0.1) is 6.92 Å². The van der Waals surface area contributed by atoms with E-state index in [1.807, 2.05) is 31.2 Å². The molecule has 6 nitrogen and oxygen atoms in total. The van der Waals surface area contributed by atoms with Crippen molar-refractivity contribution in [3.05, 3.63) is 94.5 Å². The van der Waals surface area contributed by atoms with E-state index < -0.39 is 5.97 Å². The highest BCUT2D eigenvalue weighted by atomic mass is 35.5. The van der Waals surface area contributed by atoms with E-state index in [1.165, 1.54) is 6.21 Å². The minimum Gasteiger partial charge on any atom is -0.423 e. The Morgan fingerprint density at radius 3 is 2.40 bits per heavy atom. The molecule has 152 valence electrons. The Morgan fingerprint density at radius 2 is 1.70 bits per heavy atom.